The highest BCUT2D eigenvalue weighted by molar-refractivity contribution is 14.1. The molecule has 0 aromatic carbocycles. The van der Waals surface area contributed by atoms with Crippen LogP contribution in [0.5, 0.6) is 0 Å². The molecule has 74 valence electrons. The van der Waals surface area contributed by atoms with Gasteiger partial charge in [0.2, 0.25) is 0 Å². The quantitative estimate of drug-likeness (QED) is 0.617. The third-order valence-electron chi connectivity index (χ3n) is 1.59. The van der Waals surface area contributed by atoms with Crippen molar-refractivity contribution in [3.05, 3.63) is 26.6 Å². The van der Waals surface area contributed by atoms with Crippen molar-refractivity contribution in [3.63, 3.8) is 0 Å². The molecule has 0 bridgehead atoms. The maximum absolute atomic E-state index is 12.4. The zero-order valence-electron chi connectivity index (χ0n) is 6.77. The first-order chi connectivity index (χ1) is 6.61. The van der Waals surface area contributed by atoms with E-state index in [0.717, 1.165) is 0 Å². The number of pyridine rings is 1. The molecular weight excluding hydrogens is 324 g/mol. The van der Waals surface area contributed by atoms with Crippen LogP contribution >= 0.6 is 34.2 Å². The zero-order chi connectivity index (χ0) is 10.7. The Morgan fingerprint density at radius 3 is 2.71 bits per heavy atom. The number of aromatic nitrogens is 1. The lowest BCUT2D eigenvalue weighted by Gasteiger charge is -2.06. The lowest BCUT2D eigenvalue weighted by atomic mass is 10.1. The maximum atomic E-state index is 12.4. The van der Waals surface area contributed by atoms with Crippen molar-refractivity contribution in [2.75, 3.05) is 0 Å². The van der Waals surface area contributed by atoms with Crippen molar-refractivity contribution in [1.82, 2.24) is 4.98 Å². The average Bonchev–Trinajstić information content (AvgIpc) is 2.16. The number of hydrogen-bond acceptors (Lipinski definition) is 2. The molecule has 1 aromatic rings. The van der Waals surface area contributed by atoms with E-state index in [1.54, 1.807) is 22.6 Å². The van der Waals surface area contributed by atoms with Crippen molar-refractivity contribution < 1.29 is 8.78 Å². The van der Waals surface area contributed by atoms with Crippen LogP contribution in [0.2, 0.25) is 0 Å². The molecule has 2 nitrogen and oxygen atoms in total. The van der Waals surface area contributed by atoms with Gasteiger partial charge in [0.15, 0.2) is 0 Å². The van der Waals surface area contributed by atoms with Gasteiger partial charge in [-0.25, -0.2) is 8.78 Å². The van der Waals surface area contributed by atoms with Gasteiger partial charge in [-0.15, -0.1) is 11.6 Å². The summed E-state index contributed by atoms with van der Waals surface area (Å²) in [5.74, 6) is 0.0927. The van der Waals surface area contributed by atoms with E-state index in [4.69, 9.17) is 16.9 Å². The highest BCUT2D eigenvalue weighted by atomic mass is 127. The topological polar surface area (TPSA) is 36.7 Å². The largest absolute Gasteiger partial charge is 0.281 e. The van der Waals surface area contributed by atoms with E-state index in [9.17, 15) is 8.78 Å². The lowest BCUT2D eigenvalue weighted by molar-refractivity contribution is 0.145. The average molecular weight is 328 g/mol. The molecule has 0 unspecified atom stereocenters. The van der Waals surface area contributed by atoms with E-state index >= 15 is 0 Å². The van der Waals surface area contributed by atoms with Gasteiger partial charge in [0.1, 0.15) is 11.8 Å². The Hall–Kier alpha value is -0.480. The second-order valence-corrected chi connectivity index (χ2v) is 3.75. The smallest absolute Gasteiger partial charge is 0.254 e. The Bertz CT molecular complexity index is 390. The molecule has 0 radical (unpaired) electrons. The van der Waals surface area contributed by atoms with Crippen LogP contribution in [0.3, 0.4) is 0 Å². The van der Waals surface area contributed by atoms with Gasteiger partial charge < -0.3 is 0 Å². The predicted molar refractivity (Wildman–Crippen MR) is 56.2 cm³/mol. The van der Waals surface area contributed by atoms with E-state index in [-0.39, 0.29) is 20.7 Å². The molecule has 0 aliphatic carbocycles. The standard InChI is InChI=1S/C8H4ClF2IN2/c9-1-4-3-14-7(8(10)11)6(12)5(4)2-13/h3,8H,1H2. The number of rotatable bonds is 2. The van der Waals surface area contributed by atoms with E-state index in [2.05, 4.69) is 4.98 Å². The first kappa shape index (κ1) is 11.6. The summed E-state index contributed by atoms with van der Waals surface area (Å²) >= 11 is 7.21. The molecule has 1 rings (SSSR count). The fraction of sp³-hybridized carbons (Fsp3) is 0.250. The molecule has 0 spiro atoms. The Labute approximate surface area is 98.0 Å². The monoisotopic (exact) mass is 328 g/mol. The van der Waals surface area contributed by atoms with Gasteiger partial charge in [0.05, 0.1) is 15.0 Å². The summed E-state index contributed by atoms with van der Waals surface area (Å²) in [5.41, 5.74) is 0.296. The SMILES string of the molecule is N#Cc1c(CCl)cnc(C(F)F)c1I. The Morgan fingerprint density at radius 1 is 1.64 bits per heavy atom. The van der Waals surface area contributed by atoms with Crippen LogP contribution in [0.25, 0.3) is 0 Å². The van der Waals surface area contributed by atoms with Crippen molar-refractivity contribution in [3.8, 4) is 6.07 Å². The predicted octanol–water partition coefficient (Wildman–Crippen LogP) is 3.23. The molecule has 0 saturated carbocycles. The second-order valence-electron chi connectivity index (χ2n) is 2.40. The van der Waals surface area contributed by atoms with Gasteiger partial charge in [0.25, 0.3) is 6.43 Å². The van der Waals surface area contributed by atoms with Crippen molar-refractivity contribution >= 4 is 34.2 Å². The summed E-state index contributed by atoms with van der Waals surface area (Å²) in [6.45, 7) is 0. The maximum Gasteiger partial charge on any atom is 0.281 e. The Morgan fingerprint density at radius 2 is 2.29 bits per heavy atom. The normalized spacial score (nSPS) is 10.3. The Kier molecular flexibility index (Phi) is 4.01. The van der Waals surface area contributed by atoms with E-state index in [1.165, 1.54) is 6.20 Å². The van der Waals surface area contributed by atoms with Crippen LogP contribution in [-0.2, 0) is 5.88 Å². The highest BCUT2D eigenvalue weighted by Crippen LogP contribution is 2.26. The molecule has 1 heterocycles. The highest BCUT2D eigenvalue weighted by Gasteiger charge is 2.18. The summed E-state index contributed by atoms with van der Waals surface area (Å²) < 4.78 is 24.9. The van der Waals surface area contributed by atoms with Crippen molar-refractivity contribution in [1.29, 1.82) is 5.26 Å². The van der Waals surface area contributed by atoms with Crippen LogP contribution in [0.4, 0.5) is 8.78 Å². The number of nitrogens with zero attached hydrogens (tertiary/aromatic N) is 2. The first-order valence-electron chi connectivity index (χ1n) is 3.53. The van der Waals surface area contributed by atoms with Crippen LogP contribution in [0, 0.1) is 14.9 Å². The van der Waals surface area contributed by atoms with Crippen LogP contribution in [-0.4, -0.2) is 4.98 Å². The molecule has 0 fully saturated rings. The molecule has 0 saturated heterocycles. The minimum atomic E-state index is -2.67. The van der Waals surface area contributed by atoms with Crippen molar-refractivity contribution in [2.45, 2.75) is 12.3 Å². The molecule has 1 aromatic heterocycles. The van der Waals surface area contributed by atoms with Crippen LogP contribution < -0.4 is 0 Å². The minimum Gasteiger partial charge on any atom is -0.254 e. The summed E-state index contributed by atoms with van der Waals surface area (Å²) in [4.78, 5) is 3.56. The third-order valence-corrected chi connectivity index (χ3v) is 2.97. The molecule has 0 amide bonds. The zero-order valence-corrected chi connectivity index (χ0v) is 9.68. The molecule has 6 heteroatoms. The number of halogens is 4. The lowest BCUT2D eigenvalue weighted by Crippen LogP contribution is -2.01. The summed E-state index contributed by atoms with van der Waals surface area (Å²) in [6.07, 6.45) is -1.45. The third kappa shape index (κ3) is 2.12. The van der Waals surface area contributed by atoms with Crippen molar-refractivity contribution in [2.24, 2.45) is 0 Å². The molecule has 0 atom stereocenters. The molecule has 0 aliphatic rings. The Balaban J connectivity index is 3.37. The fourth-order valence-electron chi connectivity index (χ4n) is 0.912. The van der Waals surface area contributed by atoms with Crippen LogP contribution in [0.1, 0.15) is 23.2 Å². The molecular formula is C8H4ClF2IN2. The summed E-state index contributed by atoms with van der Waals surface area (Å²) in [6, 6.07) is 1.84. The van der Waals surface area contributed by atoms with Gasteiger partial charge in [0, 0.05) is 11.8 Å². The molecule has 0 aliphatic heterocycles. The van der Waals surface area contributed by atoms with Gasteiger partial charge >= 0.3 is 0 Å². The minimum absolute atomic E-state index is 0.0927. The van der Waals surface area contributed by atoms with Gasteiger partial charge in [-0.1, -0.05) is 0 Å². The van der Waals surface area contributed by atoms with Gasteiger partial charge in [-0.3, -0.25) is 4.98 Å². The van der Waals surface area contributed by atoms with Gasteiger partial charge in [-0.05, 0) is 22.6 Å². The van der Waals surface area contributed by atoms with Gasteiger partial charge in [-0.2, -0.15) is 5.26 Å². The summed E-state index contributed by atoms with van der Waals surface area (Å²) in [5, 5.41) is 8.75. The second kappa shape index (κ2) is 4.84. The first-order valence-corrected chi connectivity index (χ1v) is 5.14. The van der Waals surface area contributed by atoms with E-state index in [1.807, 2.05) is 6.07 Å². The number of alkyl halides is 3. The summed E-state index contributed by atoms with van der Waals surface area (Å²) in [7, 11) is 0. The fourth-order valence-corrected chi connectivity index (χ4v) is 1.96. The van der Waals surface area contributed by atoms with E-state index in [0.29, 0.717) is 5.56 Å². The molecule has 0 N–H and O–H groups in total. The molecule has 14 heavy (non-hydrogen) atoms. The number of hydrogen-bond donors (Lipinski definition) is 0. The number of nitriles is 1. The van der Waals surface area contributed by atoms with E-state index < -0.39 is 6.43 Å². The van der Waals surface area contributed by atoms with Crippen LogP contribution in [0.15, 0.2) is 6.20 Å².